The summed E-state index contributed by atoms with van der Waals surface area (Å²) >= 11 is 0. The molecule has 1 aromatic carbocycles. The number of carbonyl (C=O) groups is 2. The number of benzene rings is 1. The Morgan fingerprint density at radius 2 is 1.79 bits per heavy atom. The second-order valence-electron chi connectivity index (χ2n) is 6.35. The molecule has 5 nitrogen and oxygen atoms in total. The van der Waals surface area contributed by atoms with Crippen LogP contribution >= 0.6 is 0 Å². The lowest BCUT2D eigenvalue weighted by Gasteiger charge is -2.17. The number of rotatable bonds is 5. The number of aryl methyl sites for hydroxylation is 2. The molecule has 5 heteroatoms. The van der Waals surface area contributed by atoms with E-state index in [9.17, 15) is 9.59 Å². The molecule has 2 aromatic rings. The van der Waals surface area contributed by atoms with Crippen LogP contribution in [0.2, 0.25) is 0 Å². The fourth-order valence-electron chi connectivity index (χ4n) is 2.78. The lowest BCUT2D eigenvalue weighted by molar-refractivity contribution is -0.134. The van der Waals surface area contributed by atoms with E-state index in [1.54, 1.807) is 12.4 Å². The molecule has 2 N–H and O–H groups in total. The first-order chi connectivity index (χ1) is 11.5. The molecule has 0 atom stereocenters. The third kappa shape index (κ3) is 3.15. The fraction of sp³-hybridized carbons (Fsp3) is 0.316. The number of carbonyl (C=O) groups excluding carboxylic acids is 2. The average molecular weight is 323 g/mol. The maximum absolute atomic E-state index is 12.7. The Labute approximate surface area is 141 Å². The molecule has 0 saturated heterocycles. The van der Waals surface area contributed by atoms with Gasteiger partial charge in [0.05, 0.1) is 0 Å². The molecule has 1 aliphatic carbocycles. The molecule has 1 aliphatic rings. The number of pyridine rings is 1. The Morgan fingerprint density at radius 1 is 1.08 bits per heavy atom. The fourth-order valence-corrected chi connectivity index (χ4v) is 2.78. The molecule has 124 valence electrons. The molecule has 1 saturated carbocycles. The Morgan fingerprint density at radius 3 is 2.38 bits per heavy atom. The van der Waals surface area contributed by atoms with Gasteiger partial charge in [-0.05, 0) is 49.4 Å². The van der Waals surface area contributed by atoms with Crippen LogP contribution in [0, 0.1) is 19.3 Å². The van der Waals surface area contributed by atoms with Crippen molar-refractivity contribution in [3.63, 3.8) is 0 Å². The molecule has 1 fully saturated rings. The minimum absolute atomic E-state index is 0.213. The van der Waals surface area contributed by atoms with Gasteiger partial charge in [0.1, 0.15) is 5.41 Å². The van der Waals surface area contributed by atoms with E-state index in [0.717, 1.165) is 22.4 Å². The standard InChI is InChI=1S/C19H21N3O2/c1-13-5-3-6-14(2)16(13)22-18(24)19(8-9-19)17(23)21-12-15-7-4-10-20-11-15/h3-7,10-11H,8-9,12H2,1-2H3,(H,21,23)(H,22,24). The predicted octanol–water partition coefficient (Wildman–Crippen LogP) is 2.73. The molecule has 0 unspecified atom stereocenters. The van der Waals surface area contributed by atoms with Crippen molar-refractivity contribution in [2.24, 2.45) is 5.41 Å². The second kappa shape index (κ2) is 6.43. The van der Waals surface area contributed by atoms with E-state index in [0.29, 0.717) is 19.4 Å². The zero-order valence-electron chi connectivity index (χ0n) is 13.9. The third-order valence-electron chi connectivity index (χ3n) is 4.51. The van der Waals surface area contributed by atoms with Gasteiger partial charge >= 0.3 is 0 Å². The van der Waals surface area contributed by atoms with Crippen molar-refractivity contribution in [3.05, 3.63) is 59.4 Å². The lowest BCUT2D eigenvalue weighted by Crippen LogP contribution is -2.39. The third-order valence-corrected chi connectivity index (χ3v) is 4.51. The molecular weight excluding hydrogens is 302 g/mol. The summed E-state index contributed by atoms with van der Waals surface area (Å²) in [6.07, 6.45) is 4.56. The highest BCUT2D eigenvalue weighted by Crippen LogP contribution is 2.47. The maximum atomic E-state index is 12.7. The van der Waals surface area contributed by atoms with Crippen LogP contribution in [0.3, 0.4) is 0 Å². The number of para-hydroxylation sites is 1. The van der Waals surface area contributed by atoms with Crippen LogP contribution in [-0.4, -0.2) is 16.8 Å². The zero-order chi connectivity index (χ0) is 17.2. The smallest absolute Gasteiger partial charge is 0.240 e. The monoisotopic (exact) mass is 323 g/mol. The van der Waals surface area contributed by atoms with E-state index in [4.69, 9.17) is 0 Å². The number of anilines is 1. The molecular formula is C19H21N3O2. The van der Waals surface area contributed by atoms with Crippen molar-refractivity contribution in [1.29, 1.82) is 0 Å². The van der Waals surface area contributed by atoms with E-state index in [-0.39, 0.29) is 11.8 Å². The van der Waals surface area contributed by atoms with E-state index in [2.05, 4.69) is 15.6 Å². The lowest BCUT2D eigenvalue weighted by atomic mass is 10.0. The summed E-state index contributed by atoms with van der Waals surface area (Å²) in [6.45, 7) is 4.28. The van der Waals surface area contributed by atoms with Gasteiger partial charge in [-0.3, -0.25) is 14.6 Å². The largest absolute Gasteiger partial charge is 0.351 e. The highest BCUT2D eigenvalue weighted by atomic mass is 16.2. The number of amides is 2. The molecule has 0 bridgehead atoms. The van der Waals surface area contributed by atoms with Gasteiger partial charge < -0.3 is 10.6 Å². The average Bonchev–Trinajstić information content (AvgIpc) is 3.39. The number of nitrogens with zero attached hydrogens (tertiary/aromatic N) is 1. The van der Waals surface area contributed by atoms with Crippen LogP contribution in [0.5, 0.6) is 0 Å². The number of hydrogen-bond acceptors (Lipinski definition) is 3. The molecule has 2 amide bonds. The van der Waals surface area contributed by atoms with Crippen molar-refractivity contribution >= 4 is 17.5 Å². The summed E-state index contributed by atoms with van der Waals surface area (Å²) in [5.41, 5.74) is 2.77. The van der Waals surface area contributed by atoms with Gasteiger partial charge in [-0.25, -0.2) is 0 Å². The van der Waals surface area contributed by atoms with E-state index in [1.807, 2.05) is 44.2 Å². The number of hydrogen-bond donors (Lipinski definition) is 2. The van der Waals surface area contributed by atoms with Crippen molar-refractivity contribution in [3.8, 4) is 0 Å². The van der Waals surface area contributed by atoms with Crippen LogP contribution in [-0.2, 0) is 16.1 Å². The quantitative estimate of drug-likeness (QED) is 0.831. The molecule has 3 rings (SSSR count). The van der Waals surface area contributed by atoms with Gasteiger partial charge in [-0.15, -0.1) is 0 Å². The highest BCUT2D eigenvalue weighted by molar-refractivity contribution is 6.13. The SMILES string of the molecule is Cc1cccc(C)c1NC(=O)C1(C(=O)NCc2cccnc2)CC1. The van der Waals surface area contributed by atoms with Gasteiger partial charge in [0, 0.05) is 24.6 Å². The molecule has 0 aliphatic heterocycles. The predicted molar refractivity (Wildman–Crippen MR) is 92.3 cm³/mol. The normalized spacial score (nSPS) is 14.8. The van der Waals surface area contributed by atoms with Crippen LogP contribution in [0.15, 0.2) is 42.7 Å². The highest BCUT2D eigenvalue weighted by Gasteiger charge is 2.56. The molecule has 1 aromatic heterocycles. The second-order valence-corrected chi connectivity index (χ2v) is 6.35. The molecule has 0 radical (unpaired) electrons. The van der Waals surface area contributed by atoms with Crippen molar-refractivity contribution in [2.45, 2.75) is 33.2 Å². The van der Waals surface area contributed by atoms with E-state index < -0.39 is 5.41 Å². The Balaban J connectivity index is 1.67. The van der Waals surface area contributed by atoms with Gasteiger partial charge in [0.25, 0.3) is 0 Å². The van der Waals surface area contributed by atoms with Crippen molar-refractivity contribution in [2.75, 3.05) is 5.32 Å². The topological polar surface area (TPSA) is 71.1 Å². The van der Waals surface area contributed by atoms with Crippen LogP contribution in [0.4, 0.5) is 5.69 Å². The first kappa shape index (κ1) is 16.2. The Hall–Kier alpha value is -2.69. The minimum Gasteiger partial charge on any atom is -0.351 e. The first-order valence-electron chi connectivity index (χ1n) is 8.08. The summed E-state index contributed by atoms with van der Waals surface area (Å²) in [5, 5.41) is 5.81. The zero-order valence-corrected chi connectivity index (χ0v) is 13.9. The van der Waals surface area contributed by atoms with Crippen LogP contribution in [0.25, 0.3) is 0 Å². The van der Waals surface area contributed by atoms with Gasteiger partial charge in [-0.2, -0.15) is 0 Å². The maximum Gasteiger partial charge on any atom is 0.240 e. The summed E-state index contributed by atoms with van der Waals surface area (Å²) in [4.78, 5) is 29.2. The molecule has 24 heavy (non-hydrogen) atoms. The van der Waals surface area contributed by atoms with Gasteiger partial charge in [0.15, 0.2) is 0 Å². The van der Waals surface area contributed by atoms with Gasteiger partial charge in [-0.1, -0.05) is 24.3 Å². The number of nitrogens with one attached hydrogen (secondary N) is 2. The van der Waals surface area contributed by atoms with E-state index >= 15 is 0 Å². The van der Waals surface area contributed by atoms with Crippen molar-refractivity contribution < 1.29 is 9.59 Å². The summed E-state index contributed by atoms with van der Waals surface area (Å²) in [5.74, 6) is -0.432. The molecule has 1 heterocycles. The van der Waals surface area contributed by atoms with Crippen LogP contribution in [0.1, 0.15) is 29.5 Å². The van der Waals surface area contributed by atoms with Crippen LogP contribution < -0.4 is 10.6 Å². The van der Waals surface area contributed by atoms with Gasteiger partial charge in [0.2, 0.25) is 11.8 Å². The van der Waals surface area contributed by atoms with Crippen molar-refractivity contribution in [1.82, 2.24) is 10.3 Å². The number of aromatic nitrogens is 1. The molecule has 0 spiro atoms. The Kier molecular flexibility index (Phi) is 4.34. The minimum atomic E-state index is -0.934. The summed E-state index contributed by atoms with van der Waals surface area (Å²) in [6, 6.07) is 9.56. The Bertz CT molecular complexity index is 747. The summed E-state index contributed by atoms with van der Waals surface area (Å²) in [7, 11) is 0. The first-order valence-corrected chi connectivity index (χ1v) is 8.08. The summed E-state index contributed by atoms with van der Waals surface area (Å²) < 4.78 is 0. The van der Waals surface area contributed by atoms with E-state index in [1.165, 1.54) is 0 Å².